The van der Waals surface area contributed by atoms with Crippen LogP contribution in [-0.2, 0) is 14.6 Å². The smallest absolute Gasteiger partial charge is 0.264 e. The third kappa shape index (κ3) is 5.33. The molecule has 0 aliphatic carbocycles. The van der Waals surface area contributed by atoms with Crippen molar-refractivity contribution in [2.24, 2.45) is 0 Å². The molecule has 0 saturated heterocycles. The van der Waals surface area contributed by atoms with Gasteiger partial charge in [0.2, 0.25) is 0 Å². The summed E-state index contributed by atoms with van der Waals surface area (Å²) in [6.45, 7) is 0.0638. The van der Waals surface area contributed by atoms with E-state index in [1.165, 1.54) is 29.2 Å². The van der Waals surface area contributed by atoms with Crippen molar-refractivity contribution in [2.45, 2.75) is 11.3 Å². The van der Waals surface area contributed by atoms with Crippen molar-refractivity contribution in [2.75, 3.05) is 24.3 Å². The Bertz CT molecular complexity index is 856. The van der Waals surface area contributed by atoms with Crippen LogP contribution in [0.15, 0.2) is 59.5 Å². The first-order valence-electron chi connectivity index (χ1n) is 7.57. The second-order valence-electron chi connectivity index (χ2n) is 5.32. The zero-order chi connectivity index (χ0) is 18.3. The third-order valence-electron chi connectivity index (χ3n) is 3.43. The molecule has 7 heteroatoms. The summed E-state index contributed by atoms with van der Waals surface area (Å²) in [7, 11) is -3.27. The minimum Gasteiger partial charge on any atom is -0.484 e. The van der Waals surface area contributed by atoms with Gasteiger partial charge in [-0.3, -0.25) is 4.79 Å². The van der Waals surface area contributed by atoms with Crippen molar-refractivity contribution >= 4 is 21.4 Å². The van der Waals surface area contributed by atoms with Gasteiger partial charge in [-0.25, -0.2) is 8.42 Å². The quantitative estimate of drug-likeness (QED) is 0.758. The highest BCUT2D eigenvalue weighted by Gasteiger charge is 2.16. The number of carbonyl (C=O) groups excluding carboxylic acids is 1. The van der Waals surface area contributed by atoms with Crippen LogP contribution in [0, 0.1) is 11.3 Å². The molecular weight excluding hydrogens is 340 g/mol. The molecule has 130 valence electrons. The molecule has 1 amide bonds. The molecule has 0 aliphatic rings. The average Bonchev–Trinajstić information content (AvgIpc) is 2.61. The van der Waals surface area contributed by atoms with Gasteiger partial charge in [0.1, 0.15) is 5.75 Å². The maximum absolute atomic E-state index is 12.4. The van der Waals surface area contributed by atoms with E-state index in [0.717, 1.165) is 6.26 Å². The summed E-state index contributed by atoms with van der Waals surface area (Å²) in [5.41, 5.74) is 0.693. The Kier molecular flexibility index (Phi) is 6.14. The first kappa shape index (κ1) is 18.5. The van der Waals surface area contributed by atoms with Crippen LogP contribution in [0.5, 0.6) is 5.75 Å². The molecule has 2 aromatic rings. The lowest BCUT2D eigenvalue weighted by atomic mass is 10.2. The van der Waals surface area contributed by atoms with E-state index in [1.807, 2.05) is 24.3 Å². The van der Waals surface area contributed by atoms with E-state index in [9.17, 15) is 13.2 Å². The number of nitrogens with zero attached hydrogens (tertiary/aromatic N) is 2. The second-order valence-corrected chi connectivity index (χ2v) is 7.34. The lowest BCUT2D eigenvalue weighted by Gasteiger charge is -2.21. The minimum atomic E-state index is -3.27. The lowest BCUT2D eigenvalue weighted by molar-refractivity contribution is -0.120. The van der Waals surface area contributed by atoms with Gasteiger partial charge in [-0.2, -0.15) is 5.26 Å². The predicted octanol–water partition coefficient (Wildman–Crippen LogP) is 2.42. The Morgan fingerprint density at radius 3 is 2.32 bits per heavy atom. The highest BCUT2D eigenvalue weighted by atomic mass is 32.2. The van der Waals surface area contributed by atoms with Crippen molar-refractivity contribution in [3.8, 4) is 11.8 Å². The van der Waals surface area contributed by atoms with Gasteiger partial charge in [-0.05, 0) is 36.4 Å². The van der Waals surface area contributed by atoms with Crippen LogP contribution in [-0.4, -0.2) is 33.7 Å². The molecule has 0 aromatic heterocycles. The molecule has 2 aromatic carbocycles. The fraction of sp³-hybridized carbons (Fsp3) is 0.222. The van der Waals surface area contributed by atoms with Gasteiger partial charge < -0.3 is 9.64 Å². The standard InChI is InChI=1S/C18H18N2O4S/c1-25(22,23)17-10-8-16(9-11-17)24-14-18(21)20(13-5-12-19)15-6-3-2-4-7-15/h2-4,6-11H,5,13-14H2,1H3. The van der Waals surface area contributed by atoms with E-state index in [-0.39, 0.29) is 30.4 Å². The van der Waals surface area contributed by atoms with E-state index in [2.05, 4.69) is 0 Å². The number of carbonyl (C=O) groups is 1. The van der Waals surface area contributed by atoms with Gasteiger partial charge >= 0.3 is 0 Å². The summed E-state index contributed by atoms with van der Waals surface area (Å²) in [5, 5.41) is 8.78. The molecule has 6 nitrogen and oxygen atoms in total. The largest absolute Gasteiger partial charge is 0.484 e. The van der Waals surface area contributed by atoms with Crippen LogP contribution in [0.4, 0.5) is 5.69 Å². The Morgan fingerprint density at radius 1 is 1.12 bits per heavy atom. The monoisotopic (exact) mass is 358 g/mol. The number of nitriles is 1. The number of anilines is 1. The van der Waals surface area contributed by atoms with E-state index in [0.29, 0.717) is 11.4 Å². The highest BCUT2D eigenvalue weighted by Crippen LogP contribution is 2.17. The van der Waals surface area contributed by atoms with Crippen molar-refractivity contribution in [3.05, 3.63) is 54.6 Å². The molecule has 0 spiro atoms. The van der Waals surface area contributed by atoms with Crippen LogP contribution in [0.3, 0.4) is 0 Å². The van der Waals surface area contributed by atoms with Crippen molar-refractivity contribution < 1.29 is 17.9 Å². The fourth-order valence-electron chi connectivity index (χ4n) is 2.17. The SMILES string of the molecule is CS(=O)(=O)c1ccc(OCC(=O)N(CCC#N)c2ccccc2)cc1. The number of amides is 1. The maximum Gasteiger partial charge on any atom is 0.264 e. The predicted molar refractivity (Wildman–Crippen MR) is 94.1 cm³/mol. The number of para-hydroxylation sites is 1. The third-order valence-corrected chi connectivity index (χ3v) is 4.56. The Balaban J connectivity index is 2.05. The number of rotatable bonds is 7. The molecule has 0 heterocycles. The minimum absolute atomic E-state index is 0.186. The van der Waals surface area contributed by atoms with Gasteiger partial charge in [0, 0.05) is 18.5 Å². The molecule has 0 fully saturated rings. The van der Waals surface area contributed by atoms with Crippen molar-refractivity contribution in [3.63, 3.8) is 0 Å². The van der Waals surface area contributed by atoms with E-state index in [4.69, 9.17) is 10.00 Å². The molecule has 0 bridgehead atoms. The van der Waals surface area contributed by atoms with Crippen LogP contribution >= 0.6 is 0 Å². The average molecular weight is 358 g/mol. The molecule has 0 atom stereocenters. The molecule has 0 aliphatic heterocycles. The fourth-order valence-corrected chi connectivity index (χ4v) is 2.80. The number of benzene rings is 2. The van der Waals surface area contributed by atoms with Crippen LogP contribution in [0.2, 0.25) is 0 Å². The van der Waals surface area contributed by atoms with E-state index in [1.54, 1.807) is 12.1 Å². The summed E-state index contributed by atoms with van der Waals surface area (Å²) in [6, 6.07) is 16.9. The summed E-state index contributed by atoms with van der Waals surface area (Å²) in [6.07, 6.45) is 1.34. The zero-order valence-electron chi connectivity index (χ0n) is 13.8. The second kappa shape index (κ2) is 8.31. The Labute approximate surface area is 147 Å². The maximum atomic E-state index is 12.4. The first-order valence-corrected chi connectivity index (χ1v) is 9.46. The van der Waals surface area contributed by atoms with Crippen LogP contribution in [0.1, 0.15) is 6.42 Å². The zero-order valence-corrected chi connectivity index (χ0v) is 14.6. The molecule has 0 N–H and O–H groups in total. The molecule has 0 radical (unpaired) electrons. The molecule has 2 rings (SSSR count). The molecule has 0 unspecified atom stereocenters. The molecular formula is C18H18N2O4S. The Morgan fingerprint density at radius 2 is 1.76 bits per heavy atom. The number of hydrogen-bond donors (Lipinski definition) is 0. The number of hydrogen-bond acceptors (Lipinski definition) is 5. The van der Waals surface area contributed by atoms with E-state index < -0.39 is 9.84 Å². The van der Waals surface area contributed by atoms with E-state index >= 15 is 0 Å². The van der Waals surface area contributed by atoms with Gasteiger partial charge in [0.15, 0.2) is 16.4 Å². The van der Waals surface area contributed by atoms with Crippen molar-refractivity contribution in [1.29, 1.82) is 5.26 Å². The summed E-state index contributed by atoms with van der Waals surface area (Å²) < 4.78 is 28.3. The van der Waals surface area contributed by atoms with Crippen LogP contribution in [0.25, 0.3) is 0 Å². The highest BCUT2D eigenvalue weighted by molar-refractivity contribution is 7.90. The summed E-state index contributed by atoms with van der Waals surface area (Å²) in [4.78, 5) is 14.1. The van der Waals surface area contributed by atoms with Crippen molar-refractivity contribution in [1.82, 2.24) is 0 Å². The summed E-state index contributed by atoms with van der Waals surface area (Å²) in [5.74, 6) is 0.114. The molecule has 0 saturated carbocycles. The van der Waals surface area contributed by atoms with Gasteiger partial charge in [-0.1, -0.05) is 18.2 Å². The molecule has 25 heavy (non-hydrogen) atoms. The van der Waals surface area contributed by atoms with Gasteiger partial charge in [-0.15, -0.1) is 0 Å². The first-order chi connectivity index (χ1) is 11.9. The lowest BCUT2D eigenvalue weighted by Crippen LogP contribution is -2.35. The topological polar surface area (TPSA) is 87.5 Å². The number of sulfone groups is 1. The normalized spacial score (nSPS) is 10.7. The Hall–Kier alpha value is -2.85. The number of ether oxygens (including phenoxy) is 1. The van der Waals surface area contributed by atoms with Crippen LogP contribution < -0.4 is 9.64 Å². The summed E-state index contributed by atoms with van der Waals surface area (Å²) >= 11 is 0. The van der Waals surface area contributed by atoms with Gasteiger partial charge in [0.25, 0.3) is 5.91 Å². The van der Waals surface area contributed by atoms with Gasteiger partial charge in [0.05, 0.1) is 17.4 Å².